The molecule has 0 saturated heterocycles. The van der Waals surface area contributed by atoms with E-state index in [1.807, 2.05) is 0 Å². The van der Waals surface area contributed by atoms with E-state index in [0.717, 1.165) is 0 Å². The fourth-order valence-electron chi connectivity index (χ4n) is 2.02. The van der Waals surface area contributed by atoms with Gasteiger partial charge in [0.2, 0.25) is 0 Å². The molecule has 5 heteroatoms. The Morgan fingerprint density at radius 2 is 1.86 bits per heavy atom. The van der Waals surface area contributed by atoms with E-state index in [1.165, 1.54) is 18.2 Å². The zero-order valence-electron chi connectivity index (χ0n) is 11.1. The number of halogens is 2. The van der Waals surface area contributed by atoms with Gasteiger partial charge < -0.3 is 9.84 Å². The quantitative estimate of drug-likeness (QED) is 0.873. The second kappa shape index (κ2) is 7.09. The number of para-hydroxylation sites is 1. The molecule has 0 spiro atoms. The van der Waals surface area contributed by atoms with E-state index < -0.39 is 17.7 Å². The maximum Gasteiger partial charge on any atom is 0.311 e. The van der Waals surface area contributed by atoms with Gasteiger partial charge in [0, 0.05) is 5.56 Å². The van der Waals surface area contributed by atoms with Crippen molar-refractivity contribution in [2.24, 2.45) is 0 Å². The molecule has 0 aliphatic heterocycles. The summed E-state index contributed by atoms with van der Waals surface area (Å²) < 4.78 is 19.2. The standard InChI is InChI=1S/C16H14ClFO3/c17-13-6-2-4-8-15(13)21-10-9-12(16(19)20)11-5-1-3-7-14(11)18/h1-8,12H,9-10H2,(H,19,20). The van der Waals surface area contributed by atoms with E-state index in [1.54, 1.807) is 30.3 Å². The second-order valence-electron chi connectivity index (χ2n) is 4.48. The van der Waals surface area contributed by atoms with E-state index in [9.17, 15) is 14.3 Å². The van der Waals surface area contributed by atoms with Crippen molar-refractivity contribution in [2.45, 2.75) is 12.3 Å². The van der Waals surface area contributed by atoms with Crippen molar-refractivity contribution in [1.29, 1.82) is 0 Å². The molecule has 0 saturated carbocycles. The zero-order chi connectivity index (χ0) is 15.2. The maximum absolute atomic E-state index is 13.7. The van der Waals surface area contributed by atoms with Crippen LogP contribution in [0.5, 0.6) is 5.75 Å². The van der Waals surface area contributed by atoms with Crippen molar-refractivity contribution in [3.63, 3.8) is 0 Å². The summed E-state index contributed by atoms with van der Waals surface area (Å²) in [5.74, 6) is -2.07. The fourth-order valence-corrected chi connectivity index (χ4v) is 2.21. The number of hydrogen-bond donors (Lipinski definition) is 1. The highest BCUT2D eigenvalue weighted by Gasteiger charge is 2.22. The Kier molecular flexibility index (Phi) is 5.17. The van der Waals surface area contributed by atoms with Crippen LogP contribution in [0.4, 0.5) is 4.39 Å². The molecule has 0 aliphatic rings. The van der Waals surface area contributed by atoms with Crippen molar-refractivity contribution in [3.8, 4) is 5.75 Å². The highest BCUT2D eigenvalue weighted by molar-refractivity contribution is 6.32. The summed E-state index contributed by atoms with van der Waals surface area (Å²) in [6.07, 6.45) is 0.154. The van der Waals surface area contributed by atoms with Crippen LogP contribution >= 0.6 is 11.6 Å². The molecule has 0 heterocycles. The van der Waals surface area contributed by atoms with E-state index >= 15 is 0 Å². The van der Waals surface area contributed by atoms with Gasteiger partial charge in [0.1, 0.15) is 11.6 Å². The van der Waals surface area contributed by atoms with Gasteiger partial charge >= 0.3 is 5.97 Å². The molecule has 1 N–H and O–H groups in total. The topological polar surface area (TPSA) is 46.5 Å². The molecule has 0 amide bonds. The summed E-state index contributed by atoms with van der Waals surface area (Å²) in [6.45, 7) is 0.134. The molecule has 0 aromatic heterocycles. The summed E-state index contributed by atoms with van der Waals surface area (Å²) in [6, 6.07) is 12.8. The lowest BCUT2D eigenvalue weighted by Gasteiger charge is -2.14. The predicted molar refractivity (Wildman–Crippen MR) is 78.3 cm³/mol. The molecule has 110 valence electrons. The molecule has 0 radical (unpaired) electrons. The number of carbonyl (C=O) groups is 1. The second-order valence-corrected chi connectivity index (χ2v) is 4.89. The van der Waals surface area contributed by atoms with Gasteiger partial charge in [-0.15, -0.1) is 0 Å². The first kappa shape index (κ1) is 15.3. The molecule has 0 aliphatic carbocycles. The van der Waals surface area contributed by atoms with Crippen LogP contribution < -0.4 is 4.74 Å². The lowest BCUT2D eigenvalue weighted by atomic mass is 9.96. The van der Waals surface area contributed by atoms with E-state index in [2.05, 4.69) is 0 Å². The molecule has 1 atom stereocenters. The van der Waals surface area contributed by atoms with E-state index in [0.29, 0.717) is 10.8 Å². The van der Waals surface area contributed by atoms with Gasteiger partial charge in [-0.3, -0.25) is 4.79 Å². The summed E-state index contributed by atoms with van der Waals surface area (Å²) in [5.41, 5.74) is 0.160. The average molecular weight is 309 g/mol. The first-order valence-corrected chi connectivity index (χ1v) is 6.82. The molecule has 21 heavy (non-hydrogen) atoms. The Morgan fingerprint density at radius 1 is 1.19 bits per heavy atom. The molecular weight excluding hydrogens is 295 g/mol. The summed E-state index contributed by atoms with van der Waals surface area (Å²) >= 11 is 5.94. The number of aliphatic carboxylic acids is 1. The molecule has 0 bridgehead atoms. The third-order valence-electron chi connectivity index (χ3n) is 3.08. The largest absolute Gasteiger partial charge is 0.492 e. The highest BCUT2D eigenvalue weighted by Crippen LogP contribution is 2.26. The van der Waals surface area contributed by atoms with Crippen LogP contribution in [0, 0.1) is 5.82 Å². The minimum atomic E-state index is -1.08. The number of ether oxygens (including phenoxy) is 1. The van der Waals surface area contributed by atoms with Crippen molar-refractivity contribution in [3.05, 3.63) is 64.9 Å². The summed E-state index contributed by atoms with van der Waals surface area (Å²) in [7, 11) is 0. The van der Waals surface area contributed by atoms with Crippen LogP contribution in [0.25, 0.3) is 0 Å². The van der Waals surface area contributed by atoms with Crippen molar-refractivity contribution < 1.29 is 19.0 Å². The Labute approximate surface area is 126 Å². The highest BCUT2D eigenvalue weighted by atomic mass is 35.5. The SMILES string of the molecule is O=C(O)C(CCOc1ccccc1Cl)c1ccccc1F. The Balaban J connectivity index is 2.04. The molecule has 2 aromatic carbocycles. The molecular formula is C16H14ClFO3. The van der Waals surface area contributed by atoms with Crippen LogP contribution in [0.1, 0.15) is 17.9 Å². The average Bonchev–Trinajstić information content (AvgIpc) is 2.46. The minimum absolute atomic E-state index is 0.134. The van der Waals surface area contributed by atoms with Gasteiger partial charge in [-0.1, -0.05) is 41.9 Å². The number of carboxylic acids is 1. The van der Waals surface area contributed by atoms with Crippen molar-refractivity contribution in [1.82, 2.24) is 0 Å². The smallest absolute Gasteiger partial charge is 0.311 e. The summed E-state index contributed by atoms with van der Waals surface area (Å²) in [4.78, 5) is 11.3. The van der Waals surface area contributed by atoms with Gasteiger partial charge in [0.05, 0.1) is 17.5 Å². The Morgan fingerprint density at radius 3 is 2.52 bits per heavy atom. The summed E-state index contributed by atoms with van der Waals surface area (Å²) in [5, 5.41) is 9.71. The predicted octanol–water partition coefficient (Wildman–Crippen LogP) is 4.12. The van der Waals surface area contributed by atoms with Crippen molar-refractivity contribution >= 4 is 17.6 Å². The van der Waals surface area contributed by atoms with E-state index in [-0.39, 0.29) is 18.6 Å². The van der Waals surface area contributed by atoms with Crippen LogP contribution in [0.2, 0.25) is 5.02 Å². The van der Waals surface area contributed by atoms with Gasteiger partial charge in [0.25, 0.3) is 0 Å². The third-order valence-corrected chi connectivity index (χ3v) is 3.39. The molecule has 2 rings (SSSR count). The Bertz CT molecular complexity index is 630. The lowest BCUT2D eigenvalue weighted by Crippen LogP contribution is -2.16. The van der Waals surface area contributed by atoms with Crippen molar-refractivity contribution in [2.75, 3.05) is 6.61 Å². The normalized spacial score (nSPS) is 11.9. The van der Waals surface area contributed by atoms with Crippen LogP contribution in [-0.4, -0.2) is 17.7 Å². The van der Waals surface area contributed by atoms with Gasteiger partial charge in [-0.25, -0.2) is 4.39 Å². The minimum Gasteiger partial charge on any atom is -0.492 e. The first-order chi connectivity index (χ1) is 10.1. The lowest BCUT2D eigenvalue weighted by molar-refractivity contribution is -0.139. The number of hydrogen-bond acceptors (Lipinski definition) is 2. The third kappa shape index (κ3) is 3.95. The fraction of sp³-hybridized carbons (Fsp3) is 0.188. The molecule has 2 aromatic rings. The monoisotopic (exact) mass is 308 g/mol. The molecule has 1 unspecified atom stereocenters. The zero-order valence-corrected chi connectivity index (χ0v) is 11.9. The Hall–Kier alpha value is -2.07. The number of carboxylic acid groups (broad SMARTS) is 1. The number of rotatable bonds is 6. The van der Waals surface area contributed by atoms with Gasteiger partial charge in [0.15, 0.2) is 0 Å². The van der Waals surface area contributed by atoms with Gasteiger partial charge in [-0.2, -0.15) is 0 Å². The molecule has 3 nitrogen and oxygen atoms in total. The van der Waals surface area contributed by atoms with Crippen LogP contribution in [-0.2, 0) is 4.79 Å². The van der Waals surface area contributed by atoms with E-state index in [4.69, 9.17) is 16.3 Å². The van der Waals surface area contributed by atoms with Crippen LogP contribution in [0.15, 0.2) is 48.5 Å². The van der Waals surface area contributed by atoms with Gasteiger partial charge in [-0.05, 0) is 24.6 Å². The number of benzene rings is 2. The van der Waals surface area contributed by atoms with Crippen LogP contribution in [0.3, 0.4) is 0 Å². The maximum atomic E-state index is 13.7. The first-order valence-electron chi connectivity index (χ1n) is 6.44. The molecule has 0 fully saturated rings.